The minimum atomic E-state index is 0.474. The third kappa shape index (κ3) is 4.03. The van der Waals surface area contributed by atoms with Crippen molar-refractivity contribution < 1.29 is 9.47 Å². The first-order chi connectivity index (χ1) is 12.2. The zero-order valence-corrected chi connectivity index (χ0v) is 14.5. The van der Waals surface area contributed by atoms with Crippen molar-refractivity contribution in [2.45, 2.75) is 20.5 Å². The average molecular weight is 336 g/mol. The normalized spacial score (nSPS) is 11.0. The molecule has 0 unspecified atom stereocenters. The van der Waals surface area contributed by atoms with Gasteiger partial charge in [0.2, 0.25) is 0 Å². The van der Waals surface area contributed by atoms with Gasteiger partial charge >= 0.3 is 0 Å². The molecule has 0 atom stereocenters. The standard InChI is InChI=1S/C19H20N4O2/c1-14-21-22-15(2)23(14)20-12-17-9-10-18(24-3)19(11-17)25-13-16-7-5-4-6-8-16/h4-12H,13H2,1-3H3. The Labute approximate surface area is 146 Å². The molecule has 6 heteroatoms. The van der Waals surface area contributed by atoms with Gasteiger partial charge in [0.25, 0.3) is 0 Å². The maximum absolute atomic E-state index is 5.92. The van der Waals surface area contributed by atoms with Crippen molar-refractivity contribution in [3.63, 3.8) is 0 Å². The van der Waals surface area contributed by atoms with Crippen molar-refractivity contribution >= 4 is 6.21 Å². The van der Waals surface area contributed by atoms with Crippen LogP contribution in [0, 0.1) is 13.8 Å². The maximum Gasteiger partial charge on any atom is 0.162 e. The van der Waals surface area contributed by atoms with Crippen molar-refractivity contribution in [2.24, 2.45) is 5.10 Å². The number of hydrogen-bond acceptors (Lipinski definition) is 5. The number of benzene rings is 2. The molecule has 0 N–H and O–H groups in total. The van der Waals surface area contributed by atoms with Crippen LogP contribution in [-0.2, 0) is 6.61 Å². The van der Waals surface area contributed by atoms with Crippen LogP contribution in [0.4, 0.5) is 0 Å². The van der Waals surface area contributed by atoms with E-state index in [2.05, 4.69) is 15.3 Å². The predicted molar refractivity (Wildman–Crippen MR) is 96.3 cm³/mol. The van der Waals surface area contributed by atoms with Crippen molar-refractivity contribution in [1.29, 1.82) is 0 Å². The second-order valence-corrected chi connectivity index (χ2v) is 5.54. The van der Waals surface area contributed by atoms with Crippen LogP contribution in [0.1, 0.15) is 22.8 Å². The molecule has 0 aliphatic rings. The van der Waals surface area contributed by atoms with E-state index in [1.165, 1.54) is 0 Å². The minimum absolute atomic E-state index is 0.474. The summed E-state index contributed by atoms with van der Waals surface area (Å²) in [5.41, 5.74) is 2.00. The van der Waals surface area contributed by atoms with E-state index >= 15 is 0 Å². The van der Waals surface area contributed by atoms with E-state index in [0.717, 1.165) is 22.8 Å². The van der Waals surface area contributed by atoms with E-state index in [0.29, 0.717) is 18.1 Å². The lowest BCUT2D eigenvalue weighted by Crippen LogP contribution is -1.99. The van der Waals surface area contributed by atoms with E-state index in [4.69, 9.17) is 9.47 Å². The van der Waals surface area contributed by atoms with Gasteiger partial charge in [0.15, 0.2) is 23.1 Å². The van der Waals surface area contributed by atoms with E-state index < -0.39 is 0 Å². The van der Waals surface area contributed by atoms with Gasteiger partial charge in [-0.3, -0.25) is 0 Å². The summed E-state index contributed by atoms with van der Waals surface area (Å²) in [5.74, 6) is 2.84. The van der Waals surface area contributed by atoms with Gasteiger partial charge in [-0.05, 0) is 43.2 Å². The predicted octanol–water partition coefficient (Wildman–Crippen LogP) is 3.36. The van der Waals surface area contributed by atoms with Gasteiger partial charge in [-0.15, -0.1) is 10.2 Å². The Bertz CT molecular complexity index is 853. The molecule has 0 saturated carbocycles. The summed E-state index contributed by atoms with van der Waals surface area (Å²) in [6.45, 7) is 4.20. The minimum Gasteiger partial charge on any atom is -0.493 e. The summed E-state index contributed by atoms with van der Waals surface area (Å²) in [5, 5.41) is 12.4. The lowest BCUT2D eigenvalue weighted by atomic mass is 10.2. The third-order valence-electron chi connectivity index (χ3n) is 3.70. The zero-order valence-electron chi connectivity index (χ0n) is 14.5. The van der Waals surface area contributed by atoms with Crippen molar-refractivity contribution in [2.75, 3.05) is 7.11 Å². The van der Waals surface area contributed by atoms with Crippen LogP contribution in [0.25, 0.3) is 0 Å². The van der Waals surface area contributed by atoms with E-state index in [9.17, 15) is 0 Å². The molecule has 1 aromatic heterocycles. The molecule has 0 radical (unpaired) electrons. The smallest absolute Gasteiger partial charge is 0.162 e. The fourth-order valence-electron chi connectivity index (χ4n) is 2.38. The number of rotatable bonds is 6. The molecule has 0 saturated heterocycles. The summed E-state index contributed by atoms with van der Waals surface area (Å²) < 4.78 is 13.0. The lowest BCUT2D eigenvalue weighted by Gasteiger charge is -2.11. The molecule has 6 nitrogen and oxygen atoms in total. The summed E-state index contributed by atoms with van der Waals surface area (Å²) in [4.78, 5) is 0. The van der Waals surface area contributed by atoms with Gasteiger partial charge in [0, 0.05) is 0 Å². The van der Waals surface area contributed by atoms with Crippen molar-refractivity contribution in [3.8, 4) is 11.5 Å². The molecule has 25 heavy (non-hydrogen) atoms. The molecule has 3 rings (SSSR count). The number of hydrogen-bond donors (Lipinski definition) is 0. The molecular formula is C19H20N4O2. The fourth-order valence-corrected chi connectivity index (χ4v) is 2.38. The molecular weight excluding hydrogens is 316 g/mol. The Balaban J connectivity index is 1.80. The average Bonchev–Trinajstić information content (AvgIpc) is 2.97. The quantitative estimate of drug-likeness (QED) is 0.648. The molecule has 0 spiro atoms. The van der Waals surface area contributed by atoms with Crippen molar-refractivity contribution in [1.82, 2.24) is 14.9 Å². The first-order valence-corrected chi connectivity index (χ1v) is 7.95. The maximum atomic E-state index is 5.92. The zero-order chi connectivity index (χ0) is 17.6. The third-order valence-corrected chi connectivity index (χ3v) is 3.70. The molecule has 0 bridgehead atoms. The molecule has 1 heterocycles. The lowest BCUT2D eigenvalue weighted by molar-refractivity contribution is 0.284. The Morgan fingerprint density at radius 1 is 1.00 bits per heavy atom. The summed E-state index contributed by atoms with van der Waals surface area (Å²) in [6.07, 6.45) is 1.75. The van der Waals surface area contributed by atoms with Crippen LogP contribution >= 0.6 is 0 Å². The summed E-state index contributed by atoms with van der Waals surface area (Å²) >= 11 is 0. The van der Waals surface area contributed by atoms with Crippen LogP contribution in [-0.4, -0.2) is 28.2 Å². The molecule has 0 amide bonds. The Morgan fingerprint density at radius 3 is 2.40 bits per heavy atom. The largest absolute Gasteiger partial charge is 0.493 e. The Kier molecular flexibility index (Phi) is 5.09. The van der Waals surface area contributed by atoms with E-state index in [1.807, 2.05) is 62.4 Å². The van der Waals surface area contributed by atoms with Crippen LogP contribution in [0.2, 0.25) is 0 Å². The highest BCUT2D eigenvalue weighted by Crippen LogP contribution is 2.28. The van der Waals surface area contributed by atoms with Crippen LogP contribution < -0.4 is 9.47 Å². The fraction of sp³-hybridized carbons (Fsp3) is 0.211. The monoisotopic (exact) mass is 336 g/mol. The second-order valence-electron chi connectivity index (χ2n) is 5.54. The highest BCUT2D eigenvalue weighted by molar-refractivity contribution is 5.80. The first-order valence-electron chi connectivity index (χ1n) is 7.95. The molecule has 3 aromatic rings. The molecule has 128 valence electrons. The van der Waals surface area contributed by atoms with Gasteiger partial charge in [-0.1, -0.05) is 30.3 Å². The Hall–Kier alpha value is -3.15. The molecule has 0 aliphatic heterocycles. The first kappa shape index (κ1) is 16.7. The number of aryl methyl sites for hydroxylation is 2. The second kappa shape index (κ2) is 7.61. The number of methoxy groups -OCH3 is 1. The van der Waals surface area contributed by atoms with Gasteiger partial charge in [-0.25, -0.2) is 4.68 Å². The van der Waals surface area contributed by atoms with Crippen LogP contribution in [0.5, 0.6) is 11.5 Å². The summed E-state index contributed by atoms with van der Waals surface area (Å²) in [7, 11) is 1.63. The molecule has 0 fully saturated rings. The molecule has 0 aliphatic carbocycles. The van der Waals surface area contributed by atoms with Gasteiger partial charge in [0.05, 0.1) is 13.3 Å². The van der Waals surface area contributed by atoms with Crippen LogP contribution in [0.3, 0.4) is 0 Å². The number of nitrogens with zero attached hydrogens (tertiary/aromatic N) is 4. The Morgan fingerprint density at radius 2 is 1.72 bits per heavy atom. The summed E-state index contributed by atoms with van der Waals surface area (Å²) in [6, 6.07) is 15.7. The number of ether oxygens (including phenoxy) is 2. The van der Waals surface area contributed by atoms with E-state index in [-0.39, 0.29) is 0 Å². The highest BCUT2D eigenvalue weighted by Gasteiger charge is 2.06. The van der Waals surface area contributed by atoms with Crippen molar-refractivity contribution in [3.05, 3.63) is 71.3 Å². The number of aromatic nitrogens is 3. The molecule has 2 aromatic carbocycles. The van der Waals surface area contributed by atoms with Crippen LogP contribution in [0.15, 0.2) is 53.6 Å². The van der Waals surface area contributed by atoms with Gasteiger partial charge < -0.3 is 9.47 Å². The van der Waals surface area contributed by atoms with Gasteiger partial charge in [-0.2, -0.15) is 5.10 Å². The highest BCUT2D eigenvalue weighted by atomic mass is 16.5. The SMILES string of the molecule is COc1ccc(C=Nn2c(C)nnc2C)cc1OCc1ccccc1. The van der Waals surface area contributed by atoms with Gasteiger partial charge in [0.1, 0.15) is 6.61 Å². The van der Waals surface area contributed by atoms with E-state index in [1.54, 1.807) is 18.0 Å². The topological polar surface area (TPSA) is 61.5 Å².